The fourth-order valence-corrected chi connectivity index (χ4v) is 1.36. The molecule has 0 amide bonds. The minimum Gasteiger partial charge on any atom is -0.328 e. The van der Waals surface area contributed by atoms with Crippen molar-refractivity contribution in [3.63, 3.8) is 0 Å². The minimum absolute atomic E-state index is 0. The molecule has 2 heterocycles. The van der Waals surface area contributed by atoms with Crippen LogP contribution in [0.5, 0.6) is 0 Å². The maximum Gasteiger partial charge on any atom is 0.154 e. The van der Waals surface area contributed by atoms with Gasteiger partial charge in [-0.3, -0.25) is 0 Å². The summed E-state index contributed by atoms with van der Waals surface area (Å²) in [5.41, 5.74) is 7.49. The third-order valence-electron chi connectivity index (χ3n) is 2.10. The summed E-state index contributed by atoms with van der Waals surface area (Å²) in [6.45, 7) is 1.98. The van der Waals surface area contributed by atoms with Crippen molar-refractivity contribution in [3.8, 4) is 0 Å². The number of nitrogens with two attached hydrogens (primary N) is 1. The highest BCUT2D eigenvalue weighted by atomic mass is 35.5. The molecule has 0 saturated heterocycles. The lowest BCUT2D eigenvalue weighted by molar-refractivity contribution is 0.758. The molecule has 2 aromatic heterocycles. The fraction of sp³-hybridized carbons (Fsp3) is 0.273. The molecular formula is C11H17Cl3N4. The van der Waals surface area contributed by atoms with Crippen LogP contribution in [0.3, 0.4) is 0 Å². The number of halogens is 3. The lowest BCUT2D eigenvalue weighted by Crippen LogP contribution is -2.12. The van der Waals surface area contributed by atoms with Crippen LogP contribution in [0.15, 0.2) is 30.6 Å². The van der Waals surface area contributed by atoms with E-state index >= 15 is 0 Å². The van der Waals surface area contributed by atoms with Crippen molar-refractivity contribution < 1.29 is 0 Å². The summed E-state index contributed by atoms with van der Waals surface area (Å²) in [5.74, 6) is 0. The molecule has 7 heteroatoms. The monoisotopic (exact) mass is 310 g/mol. The largest absolute Gasteiger partial charge is 0.328 e. The first-order valence-electron chi connectivity index (χ1n) is 4.98. The summed E-state index contributed by atoms with van der Waals surface area (Å²) < 4.78 is 1.80. The molecule has 0 unspecified atom stereocenters. The molecule has 18 heavy (non-hydrogen) atoms. The van der Waals surface area contributed by atoms with Crippen LogP contribution in [0, 0.1) is 0 Å². The normalized spacial score (nSPS) is 11.4. The van der Waals surface area contributed by atoms with Crippen molar-refractivity contribution in [1.29, 1.82) is 0 Å². The molecule has 0 fully saturated rings. The van der Waals surface area contributed by atoms with Gasteiger partial charge in [-0.2, -0.15) is 5.10 Å². The van der Waals surface area contributed by atoms with Crippen LogP contribution in [0.4, 0.5) is 0 Å². The Morgan fingerprint density at radius 1 is 1.39 bits per heavy atom. The van der Waals surface area contributed by atoms with Gasteiger partial charge in [-0.1, -0.05) is 6.08 Å². The van der Waals surface area contributed by atoms with Crippen LogP contribution in [-0.4, -0.2) is 20.6 Å². The Hall–Kier alpha value is -0.810. The van der Waals surface area contributed by atoms with E-state index in [9.17, 15) is 0 Å². The van der Waals surface area contributed by atoms with E-state index in [0.29, 0.717) is 0 Å². The van der Waals surface area contributed by atoms with Crippen molar-refractivity contribution in [2.45, 2.75) is 19.4 Å². The maximum absolute atomic E-state index is 5.66. The first-order valence-corrected chi connectivity index (χ1v) is 4.98. The van der Waals surface area contributed by atoms with Gasteiger partial charge in [0.15, 0.2) is 5.65 Å². The van der Waals surface area contributed by atoms with Crippen molar-refractivity contribution >= 4 is 48.9 Å². The lowest BCUT2D eigenvalue weighted by Gasteiger charge is -1.97. The number of hydrogen-bond donors (Lipinski definition) is 1. The lowest BCUT2D eigenvalue weighted by atomic mass is 10.2. The number of aromatic nitrogens is 3. The minimum atomic E-state index is 0. The molecule has 2 rings (SSSR count). The zero-order valence-electron chi connectivity index (χ0n) is 9.89. The molecule has 1 atom stereocenters. The van der Waals surface area contributed by atoms with Gasteiger partial charge in [0.1, 0.15) is 0 Å². The van der Waals surface area contributed by atoms with Crippen LogP contribution >= 0.6 is 37.2 Å². The standard InChI is InChI=1S/C11H14N4.3ClH/c1-9(12)4-2-5-10-8-13-11-6-3-7-14-15(10)11;;;/h2-3,5-9H,4,12H2,1H3;3*1H/b5-2+;;;/t9-;;;/m0.../s1. The Morgan fingerprint density at radius 3 is 2.78 bits per heavy atom. The first kappa shape index (κ1) is 19.5. The average Bonchev–Trinajstić information content (AvgIpc) is 2.62. The van der Waals surface area contributed by atoms with Gasteiger partial charge in [0.2, 0.25) is 0 Å². The fourth-order valence-electron chi connectivity index (χ4n) is 1.36. The van der Waals surface area contributed by atoms with Crippen LogP contribution in [-0.2, 0) is 0 Å². The van der Waals surface area contributed by atoms with Gasteiger partial charge in [-0.15, -0.1) is 37.2 Å². The van der Waals surface area contributed by atoms with Crippen LogP contribution in [0.2, 0.25) is 0 Å². The zero-order chi connectivity index (χ0) is 10.7. The Morgan fingerprint density at radius 2 is 2.11 bits per heavy atom. The molecule has 0 saturated carbocycles. The quantitative estimate of drug-likeness (QED) is 0.948. The van der Waals surface area contributed by atoms with E-state index in [0.717, 1.165) is 17.8 Å². The molecule has 2 aromatic rings. The molecule has 0 radical (unpaired) electrons. The summed E-state index contributed by atoms with van der Waals surface area (Å²) in [4.78, 5) is 4.23. The van der Waals surface area contributed by atoms with Gasteiger partial charge < -0.3 is 5.73 Å². The van der Waals surface area contributed by atoms with E-state index in [2.05, 4.69) is 10.1 Å². The first-order chi connectivity index (χ1) is 7.27. The van der Waals surface area contributed by atoms with E-state index in [1.54, 1.807) is 16.9 Å². The van der Waals surface area contributed by atoms with Gasteiger partial charge in [0.05, 0.1) is 11.9 Å². The Balaban J connectivity index is 0. The Bertz CT molecular complexity index is 482. The van der Waals surface area contributed by atoms with Crippen LogP contribution < -0.4 is 5.73 Å². The third-order valence-corrected chi connectivity index (χ3v) is 2.10. The van der Waals surface area contributed by atoms with Crippen molar-refractivity contribution in [2.75, 3.05) is 0 Å². The molecule has 102 valence electrons. The topological polar surface area (TPSA) is 56.2 Å². The molecule has 0 spiro atoms. The maximum atomic E-state index is 5.66. The smallest absolute Gasteiger partial charge is 0.154 e. The second-order valence-electron chi connectivity index (χ2n) is 3.59. The van der Waals surface area contributed by atoms with E-state index < -0.39 is 0 Å². The third kappa shape index (κ3) is 4.82. The number of fused-ring (bicyclic) bond motifs is 1. The van der Waals surface area contributed by atoms with E-state index in [-0.39, 0.29) is 43.3 Å². The van der Waals surface area contributed by atoms with Gasteiger partial charge in [-0.05, 0) is 31.6 Å². The van der Waals surface area contributed by atoms with Gasteiger partial charge in [0.25, 0.3) is 0 Å². The van der Waals surface area contributed by atoms with Gasteiger partial charge in [-0.25, -0.2) is 9.50 Å². The van der Waals surface area contributed by atoms with Crippen LogP contribution in [0.25, 0.3) is 11.7 Å². The Kier molecular flexibility index (Phi) is 9.94. The molecule has 0 aromatic carbocycles. The zero-order valence-corrected chi connectivity index (χ0v) is 12.3. The molecule has 0 aliphatic rings. The summed E-state index contributed by atoms with van der Waals surface area (Å²) in [5, 5.41) is 4.21. The van der Waals surface area contributed by atoms with E-state index in [1.165, 1.54) is 0 Å². The molecular weight excluding hydrogens is 295 g/mol. The number of nitrogens with zero attached hydrogens (tertiary/aromatic N) is 3. The average molecular weight is 312 g/mol. The molecule has 2 N–H and O–H groups in total. The van der Waals surface area contributed by atoms with Crippen molar-refractivity contribution in [1.82, 2.24) is 14.6 Å². The highest BCUT2D eigenvalue weighted by Gasteiger charge is 1.98. The number of rotatable bonds is 3. The SMILES string of the molecule is C[C@H](N)C/C=C/c1cnc2cccnn12.Cl.Cl.Cl. The van der Waals surface area contributed by atoms with E-state index in [1.807, 2.05) is 31.2 Å². The van der Waals surface area contributed by atoms with E-state index in [4.69, 9.17) is 5.73 Å². The van der Waals surface area contributed by atoms with Crippen molar-refractivity contribution in [3.05, 3.63) is 36.3 Å². The highest BCUT2D eigenvalue weighted by Crippen LogP contribution is 2.06. The summed E-state index contributed by atoms with van der Waals surface area (Å²) >= 11 is 0. The molecule has 0 aliphatic heterocycles. The van der Waals surface area contributed by atoms with Crippen molar-refractivity contribution in [2.24, 2.45) is 5.73 Å². The molecule has 0 aliphatic carbocycles. The van der Waals surface area contributed by atoms with Gasteiger partial charge in [0, 0.05) is 12.2 Å². The second-order valence-corrected chi connectivity index (χ2v) is 3.59. The number of imidazole rings is 1. The molecule has 4 nitrogen and oxygen atoms in total. The second kappa shape index (κ2) is 9.16. The number of hydrogen-bond acceptors (Lipinski definition) is 3. The van der Waals surface area contributed by atoms with Gasteiger partial charge >= 0.3 is 0 Å². The highest BCUT2D eigenvalue weighted by molar-refractivity contribution is 5.86. The Labute approximate surface area is 125 Å². The predicted octanol–water partition coefficient (Wildman–Crippen LogP) is 2.75. The predicted molar refractivity (Wildman–Crippen MR) is 82.0 cm³/mol. The summed E-state index contributed by atoms with van der Waals surface area (Å²) in [6, 6.07) is 3.99. The van der Waals surface area contributed by atoms with Crippen LogP contribution in [0.1, 0.15) is 19.0 Å². The summed E-state index contributed by atoms with van der Waals surface area (Å²) in [7, 11) is 0. The summed E-state index contributed by atoms with van der Waals surface area (Å²) in [6.07, 6.45) is 8.46. The molecule has 0 bridgehead atoms.